The molecule has 1 fully saturated rings. The lowest BCUT2D eigenvalue weighted by Crippen LogP contribution is -2.38. The van der Waals surface area contributed by atoms with Crippen LogP contribution in [0.25, 0.3) is 6.20 Å². The van der Waals surface area contributed by atoms with Gasteiger partial charge in [0, 0.05) is 6.20 Å². The molecule has 0 saturated carbocycles. The molecule has 12 heavy (non-hydrogen) atoms. The molecule has 0 aromatic carbocycles. The highest BCUT2D eigenvalue weighted by molar-refractivity contribution is 5.10. The molecule has 2 rings (SSSR count). The third kappa shape index (κ3) is 0.884. The second-order valence-corrected chi connectivity index (χ2v) is 2.52. The zero-order chi connectivity index (χ0) is 8.55. The third-order valence-corrected chi connectivity index (χ3v) is 1.76. The van der Waals surface area contributed by atoms with Crippen LogP contribution in [-0.4, -0.2) is 33.0 Å². The molecule has 0 bridgehead atoms. The molecular weight excluding hydrogens is 160 g/mol. The van der Waals surface area contributed by atoms with Crippen LogP contribution >= 0.6 is 0 Å². The van der Waals surface area contributed by atoms with Gasteiger partial charge in [0.1, 0.15) is 6.04 Å². The fourth-order valence-electron chi connectivity index (χ4n) is 0.976. The SMILES string of the molecule is C=Cn1nnn(C2COC2)c1=O. The van der Waals surface area contributed by atoms with Crippen molar-refractivity contribution in [2.45, 2.75) is 6.04 Å². The summed E-state index contributed by atoms with van der Waals surface area (Å²) in [5.41, 5.74) is -0.265. The zero-order valence-corrected chi connectivity index (χ0v) is 6.38. The minimum atomic E-state index is -0.265. The van der Waals surface area contributed by atoms with Gasteiger partial charge in [-0.3, -0.25) is 0 Å². The van der Waals surface area contributed by atoms with Crippen LogP contribution in [0.15, 0.2) is 11.4 Å². The molecule has 64 valence electrons. The highest BCUT2D eigenvalue weighted by atomic mass is 16.5. The molecule has 0 radical (unpaired) electrons. The Kier molecular flexibility index (Phi) is 1.54. The fourth-order valence-corrected chi connectivity index (χ4v) is 0.976. The first-order chi connectivity index (χ1) is 5.83. The molecule has 1 aromatic rings. The van der Waals surface area contributed by atoms with Crippen LogP contribution in [0.3, 0.4) is 0 Å². The highest BCUT2D eigenvalue weighted by Crippen LogP contribution is 2.12. The summed E-state index contributed by atoms with van der Waals surface area (Å²) >= 11 is 0. The summed E-state index contributed by atoms with van der Waals surface area (Å²) in [4.78, 5) is 11.3. The third-order valence-electron chi connectivity index (χ3n) is 1.76. The first kappa shape index (κ1) is 7.23. The van der Waals surface area contributed by atoms with E-state index >= 15 is 0 Å². The lowest BCUT2D eigenvalue weighted by Gasteiger charge is -2.24. The van der Waals surface area contributed by atoms with Crippen LogP contribution < -0.4 is 5.69 Å². The van der Waals surface area contributed by atoms with Crippen LogP contribution in [0.4, 0.5) is 0 Å². The molecule has 0 N–H and O–H groups in total. The van der Waals surface area contributed by atoms with E-state index in [1.807, 2.05) is 0 Å². The molecule has 0 unspecified atom stereocenters. The number of aromatic nitrogens is 4. The Hall–Kier alpha value is -1.43. The molecular formula is C6H8N4O2. The summed E-state index contributed by atoms with van der Waals surface area (Å²) in [5, 5.41) is 7.26. The summed E-state index contributed by atoms with van der Waals surface area (Å²) in [5.74, 6) is 0. The molecule has 1 aromatic heterocycles. The standard InChI is InChI=1S/C6H8N4O2/c1-2-9-6(11)10(8-7-9)5-3-12-4-5/h2,5H,1,3-4H2. The van der Waals surface area contributed by atoms with Gasteiger partial charge in [0.25, 0.3) is 0 Å². The maximum absolute atomic E-state index is 11.3. The van der Waals surface area contributed by atoms with E-state index in [4.69, 9.17) is 4.74 Å². The van der Waals surface area contributed by atoms with Crippen LogP contribution in [0, 0.1) is 0 Å². The molecule has 6 nitrogen and oxygen atoms in total. The predicted molar refractivity (Wildman–Crippen MR) is 40.5 cm³/mol. The van der Waals surface area contributed by atoms with E-state index in [0.29, 0.717) is 13.2 Å². The minimum absolute atomic E-state index is 0.0474. The quantitative estimate of drug-likeness (QED) is 0.574. The Balaban J connectivity index is 2.38. The average Bonchev–Trinajstić information content (AvgIpc) is 2.30. The average molecular weight is 168 g/mol. The van der Waals surface area contributed by atoms with E-state index in [1.54, 1.807) is 0 Å². The number of hydrogen-bond acceptors (Lipinski definition) is 4. The molecule has 6 heteroatoms. The van der Waals surface area contributed by atoms with Crippen molar-refractivity contribution in [3.05, 3.63) is 17.1 Å². The molecule has 1 saturated heterocycles. The Bertz CT molecular complexity index is 349. The van der Waals surface area contributed by atoms with E-state index < -0.39 is 0 Å². The number of tetrazole rings is 1. The maximum atomic E-state index is 11.3. The van der Waals surface area contributed by atoms with Crippen molar-refractivity contribution in [3.8, 4) is 0 Å². The first-order valence-corrected chi connectivity index (χ1v) is 3.57. The fraction of sp³-hybridized carbons (Fsp3) is 0.500. The van der Waals surface area contributed by atoms with E-state index in [-0.39, 0.29) is 11.7 Å². The second kappa shape index (κ2) is 2.56. The van der Waals surface area contributed by atoms with Crippen LogP contribution in [-0.2, 0) is 4.74 Å². The zero-order valence-electron chi connectivity index (χ0n) is 6.38. The van der Waals surface area contributed by atoms with E-state index in [9.17, 15) is 4.79 Å². The summed E-state index contributed by atoms with van der Waals surface area (Å²) < 4.78 is 7.33. The van der Waals surface area contributed by atoms with Crippen molar-refractivity contribution in [1.82, 2.24) is 19.8 Å². The van der Waals surface area contributed by atoms with Crippen molar-refractivity contribution in [2.24, 2.45) is 0 Å². The molecule has 0 aliphatic carbocycles. The van der Waals surface area contributed by atoms with E-state index in [1.165, 1.54) is 10.9 Å². The van der Waals surface area contributed by atoms with Gasteiger partial charge in [-0.05, 0) is 10.4 Å². The van der Waals surface area contributed by atoms with Crippen LogP contribution in [0.2, 0.25) is 0 Å². The predicted octanol–water partition coefficient (Wildman–Crippen LogP) is -0.888. The van der Waals surface area contributed by atoms with Gasteiger partial charge < -0.3 is 4.74 Å². The first-order valence-electron chi connectivity index (χ1n) is 3.57. The Morgan fingerprint density at radius 2 is 2.33 bits per heavy atom. The van der Waals surface area contributed by atoms with E-state index in [2.05, 4.69) is 17.0 Å². The normalized spacial score (nSPS) is 17.3. The lowest BCUT2D eigenvalue weighted by molar-refractivity contribution is -0.0309. The Morgan fingerprint density at radius 1 is 1.58 bits per heavy atom. The van der Waals surface area contributed by atoms with Gasteiger partial charge in [-0.25, -0.2) is 4.79 Å². The largest absolute Gasteiger partial charge is 0.377 e. The number of rotatable bonds is 2. The van der Waals surface area contributed by atoms with Crippen molar-refractivity contribution in [2.75, 3.05) is 13.2 Å². The molecule has 0 atom stereocenters. The molecule has 2 heterocycles. The summed E-state index contributed by atoms with van der Waals surface area (Å²) in [6.07, 6.45) is 1.32. The second-order valence-electron chi connectivity index (χ2n) is 2.52. The van der Waals surface area contributed by atoms with Gasteiger partial charge >= 0.3 is 5.69 Å². The molecule has 0 spiro atoms. The van der Waals surface area contributed by atoms with Gasteiger partial charge in [0.15, 0.2) is 0 Å². The monoisotopic (exact) mass is 168 g/mol. The van der Waals surface area contributed by atoms with Gasteiger partial charge in [-0.1, -0.05) is 6.58 Å². The van der Waals surface area contributed by atoms with Crippen LogP contribution in [0.5, 0.6) is 0 Å². The highest BCUT2D eigenvalue weighted by Gasteiger charge is 2.24. The van der Waals surface area contributed by atoms with Gasteiger partial charge in [0.2, 0.25) is 0 Å². The summed E-state index contributed by atoms with van der Waals surface area (Å²) in [7, 11) is 0. The molecule has 1 aliphatic rings. The maximum Gasteiger partial charge on any atom is 0.368 e. The Labute approximate surface area is 68.0 Å². The van der Waals surface area contributed by atoms with Gasteiger partial charge in [-0.2, -0.15) is 9.36 Å². The number of hydrogen-bond donors (Lipinski definition) is 0. The van der Waals surface area contributed by atoms with Crippen molar-refractivity contribution < 1.29 is 4.74 Å². The summed E-state index contributed by atoms with van der Waals surface area (Å²) in [6, 6.07) is 0.0474. The van der Waals surface area contributed by atoms with Crippen LogP contribution in [0.1, 0.15) is 6.04 Å². The smallest absolute Gasteiger partial charge is 0.368 e. The van der Waals surface area contributed by atoms with Gasteiger partial charge in [0.05, 0.1) is 13.2 Å². The number of ether oxygens (including phenoxy) is 1. The summed E-state index contributed by atoms with van der Waals surface area (Å²) in [6.45, 7) is 4.50. The minimum Gasteiger partial charge on any atom is -0.377 e. The van der Waals surface area contributed by atoms with Crippen molar-refractivity contribution in [3.63, 3.8) is 0 Å². The topological polar surface area (TPSA) is 61.9 Å². The van der Waals surface area contributed by atoms with Crippen molar-refractivity contribution in [1.29, 1.82) is 0 Å². The molecule has 1 aliphatic heterocycles. The lowest BCUT2D eigenvalue weighted by atomic mass is 10.3. The Morgan fingerprint density at radius 3 is 2.75 bits per heavy atom. The number of nitrogens with zero attached hydrogens (tertiary/aromatic N) is 4. The van der Waals surface area contributed by atoms with E-state index in [0.717, 1.165) is 4.68 Å². The van der Waals surface area contributed by atoms with Gasteiger partial charge in [-0.15, -0.1) is 0 Å². The van der Waals surface area contributed by atoms with Crippen molar-refractivity contribution >= 4 is 6.20 Å². The molecule has 0 amide bonds.